The molecular formula is C24H47N2+. The second-order valence-electron chi connectivity index (χ2n) is 8.13. The minimum atomic E-state index is 1.08. The smallest absolute Gasteiger partial charge is 0.235 e. The molecule has 0 radical (unpaired) electrons. The van der Waals surface area contributed by atoms with E-state index in [-0.39, 0.29) is 0 Å². The van der Waals surface area contributed by atoms with Gasteiger partial charge in [0.05, 0.1) is 13.1 Å². The van der Waals surface area contributed by atoms with Crippen LogP contribution in [0.2, 0.25) is 0 Å². The van der Waals surface area contributed by atoms with Crippen molar-refractivity contribution in [2.45, 2.75) is 137 Å². The Balaban J connectivity index is 1.79. The van der Waals surface area contributed by atoms with Gasteiger partial charge in [0.15, 0.2) is 0 Å². The van der Waals surface area contributed by atoms with Gasteiger partial charge in [-0.05, 0) is 19.8 Å². The van der Waals surface area contributed by atoms with Gasteiger partial charge >= 0.3 is 0 Å². The van der Waals surface area contributed by atoms with E-state index < -0.39 is 0 Å². The number of nitrogens with zero attached hydrogens (tertiary/aromatic N) is 2. The first-order valence-electron chi connectivity index (χ1n) is 11.8. The summed E-state index contributed by atoms with van der Waals surface area (Å²) in [7, 11) is 0. The van der Waals surface area contributed by atoms with Crippen LogP contribution in [-0.4, -0.2) is 4.57 Å². The van der Waals surface area contributed by atoms with E-state index in [1.54, 1.807) is 0 Å². The van der Waals surface area contributed by atoms with Crippen LogP contribution >= 0.6 is 0 Å². The lowest BCUT2D eigenvalue weighted by atomic mass is 10.0. The Bertz CT molecular complexity index is 422. The number of hydrogen-bond acceptors (Lipinski definition) is 0. The maximum atomic E-state index is 2.41. The first-order chi connectivity index (χ1) is 12.8. The molecule has 0 bridgehead atoms. The average molecular weight is 364 g/mol. The van der Waals surface area contributed by atoms with Gasteiger partial charge in [0.1, 0.15) is 12.4 Å². The molecule has 0 fully saturated rings. The van der Waals surface area contributed by atoms with Crippen molar-refractivity contribution in [3.63, 3.8) is 0 Å². The molecular weight excluding hydrogens is 316 g/mol. The SMILES string of the molecule is CCCCCCCCCCCCCCCCCC[n+]1ccn(CC)c1C. The molecule has 0 aromatic carbocycles. The van der Waals surface area contributed by atoms with Gasteiger partial charge in [-0.1, -0.05) is 96.8 Å². The van der Waals surface area contributed by atoms with Crippen molar-refractivity contribution < 1.29 is 4.57 Å². The molecule has 152 valence electrons. The minimum Gasteiger partial charge on any atom is -0.235 e. The van der Waals surface area contributed by atoms with Crippen LogP contribution in [0.5, 0.6) is 0 Å². The van der Waals surface area contributed by atoms with Gasteiger partial charge in [0.25, 0.3) is 5.82 Å². The van der Waals surface area contributed by atoms with Crippen molar-refractivity contribution in [3.05, 3.63) is 18.2 Å². The molecule has 0 aliphatic heterocycles. The normalized spacial score (nSPS) is 11.3. The quantitative estimate of drug-likeness (QED) is 0.190. The lowest BCUT2D eigenvalue weighted by molar-refractivity contribution is -0.702. The monoisotopic (exact) mass is 363 g/mol. The standard InChI is InChI=1S/C24H47N2/c1-4-6-7-8-9-10-11-12-13-14-15-16-17-18-19-20-21-26-23-22-25(5-2)24(26)3/h22-23H,4-21H2,1-3H3/q+1. The third-order valence-corrected chi connectivity index (χ3v) is 5.85. The zero-order valence-electron chi connectivity index (χ0n) is 18.3. The van der Waals surface area contributed by atoms with E-state index in [2.05, 4.69) is 42.3 Å². The number of rotatable bonds is 18. The lowest BCUT2D eigenvalue weighted by Crippen LogP contribution is -2.35. The average Bonchev–Trinajstić information content (AvgIpc) is 3.01. The summed E-state index contributed by atoms with van der Waals surface area (Å²) >= 11 is 0. The Hall–Kier alpha value is -0.790. The molecule has 26 heavy (non-hydrogen) atoms. The molecule has 0 saturated carbocycles. The molecule has 0 saturated heterocycles. The highest BCUT2D eigenvalue weighted by Gasteiger charge is 2.09. The van der Waals surface area contributed by atoms with Crippen LogP contribution in [0, 0.1) is 6.92 Å². The van der Waals surface area contributed by atoms with Crippen molar-refractivity contribution >= 4 is 0 Å². The first-order valence-corrected chi connectivity index (χ1v) is 11.8. The van der Waals surface area contributed by atoms with E-state index >= 15 is 0 Å². The highest BCUT2D eigenvalue weighted by Crippen LogP contribution is 2.13. The summed E-state index contributed by atoms with van der Waals surface area (Å²) in [6.07, 6.45) is 27.5. The number of aromatic nitrogens is 2. The second kappa shape index (κ2) is 16.4. The van der Waals surface area contributed by atoms with Crippen LogP contribution < -0.4 is 4.57 Å². The van der Waals surface area contributed by atoms with Gasteiger partial charge in [0, 0.05) is 6.92 Å². The van der Waals surface area contributed by atoms with Crippen molar-refractivity contribution in [1.29, 1.82) is 0 Å². The molecule has 1 aromatic heterocycles. The Labute approximate surface area is 164 Å². The maximum Gasteiger partial charge on any atom is 0.253 e. The van der Waals surface area contributed by atoms with Crippen LogP contribution in [0.25, 0.3) is 0 Å². The summed E-state index contributed by atoms with van der Waals surface area (Å²) in [6, 6.07) is 0. The molecule has 0 spiro atoms. The molecule has 1 aromatic rings. The first kappa shape index (κ1) is 23.2. The van der Waals surface area contributed by atoms with Crippen LogP contribution in [0.4, 0.5) is 0 Å². The molecule has 2 nitrogen and oxygen atoms in total. The van der Waals surface area contributed by atoms with Crippen molar-refractivity contribution in [3.8, 4) is 0 Å². The fourth-order valence-electron chi connectivity index (χ4n) is 3.94. The summed E-state index contributed by atoms with van der Waals surface area (Å²) in [5.74, 6) is 1.40. The van der Waals surface area contributed by atoms with Gasteiger partial charge in [0.2, 0.25) is 0 Å². The van der Waals surface area contributed by atoms with E-state index in [1.165, 1.54) is 115 Å². The summed E-state index contributed by atoms with van der Waals surface area (Å²) in [5, 5.41) is 0. The molecule has 0 aliphatic carbocycles. The third-order valence-electron chi connectivity index (χ3n) is 5.85. The zero-order valence-corrected chi connectivity index (χ0v) is 18.3. The van der Waals surface area contributed by atoms with Crippen LogP contribution in [0.15, 0.2) is 12.4 Å². The highest BCUT2D eigenvalue weighted by molar-refractivity contribution is 4.78. The topological polar surface area (TPSA) is 8.81 Å². The van der Waals surface area contributed by atoms with Crippen LogP contribution in [0.1, 0.15) is 122 Å². The Morgan fingerprint density at radius 2 is 1.08 bits per heavy atom. The fraction of sp³-hybridized carbons (Fsp3) is 0.875. The maximum absolute atomic E-state index is 2.41. The van der Waals surface area contributed by atoms with Gasteiger partial charge in [-0.15, -0.1) is 0 Å². The highest BCUT2D eigenvalue weighted by atomic mass is 15.1. The Morgan fingerprint density at radius 1 is 0.654 bits per heavy atom. The molecule has 1 heterocycles. The van der Waals surface area contributed by atoms with E-state index in [0.717, 1.165) is 6.54 Å². The molecule has 0 aliphatic rings. The van der Waals surface area contributed by atoms with E-state index in [0.29, 0.717) is 0 Å². The summed E-state index contributed by atoms with van der Waals surface area (Å²) in [6.45, 7) is 9.02. The molecule has 0 atom stereocenters. The number of unbranched alkanes of at least 4 members (excludes halogenated alkanes) is 15. The van der Waals surface area contributed by atoms with Crippen LogP contribution in [-0.2, 0) is 13.1 Å². The van der Waals surface area contributed by atoms with E-state index in [4.69, 9.17) is 0 Å². The third kappa shape index (κ3) is 11.0. The van der Waals surface area contributed by atoms with Gasteiger partial charge in [-0.2, -0.15) is 0 Å². The molecule has 1 rings (SSSR count). The van der Waals surface area contributed by atoms with Crippen LogP contribution in [0.3, 0.4) is 0 Å². The fourth-order valence-corrected chi connectivity index (χ4v) is 3.94. The number of hydrogen-bond donors (Lipinski definition) is 0. The van der Waals surface area contributed by atoms with Crippen molar-refractivity contribution in [2.75, 3.05) is 0 Å². The summed E-state index contributed by atoms with van der Waals surface area (Å²) in [4.78, 5) is 0. The molecule has 2 heteroatoms. The van der Waals surface area contributed by atoms with Gasteiger partial charge in [-0.25, -0.2) is 9.13 Å². The number of imidazole rings is 1. The molecule has 0 unspecified atom stereocenters. The summed E-state index contributed by atoms with van der Waals surface area (Å²) in [5.41, 5.74) is 0. The van der Waals surface area contributed by atoms with E-state index in [1.807, 2.05) is 0 Å². The molecule has 0 amide bonds. The van der Waals surface area contributed by atoms with Crippen molar-refractivity contribution in [1.82, 2.24) is 4.57 Å². The lowest BCUT2D eigenvalue weighted by Gasteiger charge is -2.03. The predicted molar refractivity (Wildman–Crippen MR) is 115 cm³/mol. The minimum absolute atomic E-state index is 1.08. The zero-order chi connectivity index (χ0) is 18.9. The van der Waals surface area contributed by atoms with E-state index in [9.17, 15) is 0 Å². The Morgan fingerprint density at radius 3 is 1.46 bits per heavy atom. The second-order valence-corrected chi connectivity index (χ2v) is 8.13. The van der Waals surface area contributed by atoms with Crippen molar-refractivity contribution in [2.24, 2.45) is 0 Å². The van der Waals surface area contributed by atoms with Gasteiger partial charge in [-0.3, -0.25) is 0 Å². The predicted octanol–water partition coefficient (Wildman–Crippen LogP) is 7.37. The largest absolute Gasteiger partial charge is 0.253 e. The molecule has 0 N–H and O–H groups in total. The van der Waals surface area contributed by atoms with Gasteiger partial charge < -0.3 is 0 Å². The number of aryl methyl sites for hydroxylation is 2. The summed E-state index contributed by atoms with van der Waals surface area (Å²) < 4.78 is 4.74. The Kier molecular flexibility index (Phi) is 14.7.